The highest BCUT2D eigenvalue weighted by atomic mass is 32.2. The number of imide groups is 1. The molecule has 3 amide bonds. The van der Waals surface area contributed by atoms with E-state index >= 15 is 0 Å². The number of carbonyl (C=O) groups excluding carboxylic acids is 2. The molecule has 0 aromatic carbocycles. The first-order valence-corrected chi connectivity index (χ1v) is 7.52. The molecule has 7 heteroatoms. The summed E-state index contributed by atoms with van der Waals surface area (Å²) in [5.74, 6) is 0.938. The van der Waals surface area contributed by atoms with Gasteiger partial charge in [-0.25, -0.2) is 9.37 Å². The van der Waals surface area contributed by atoms with Crippen molar-refractivity contribution in [3.05, 3.63) is 24.8 Å². The monoisotopic (exact) mass is 307 g/mol. The molecule has 0 bridgehead atoms. The third-order valence-electron chi connectivity index (χ3n) is 3.27. The van der Waals surface area contributed by atoms with Gasteiger partial charge in [-0.2, -0.15) is 0 Å². The zero-order valence-electron chi connectivity index (χ0n) is 12.5. The van der Waals surface area contributed by atoms with Crippen molar-refractivity contribution in [3.8, 4) is 0 Å². The van der Waals surface area contributed by atoms with Crippen molar-refractivity contribution in [3.63, 3.8) is 0 Å². The summed E-state index contributed by atoms with van der Waals surface area (Å²) in [4.78, 5) is 31.5. The quantitative estimate of drug-likeness (QED) is 0.578. The van der Waals surface area contributed by atoms with Crippen LogP contribution in [-0.2, 0) is 4.79 Å². The Morgan fingerprint density at radius 2 is 2.10 bits per heavy atom. The van der Waals surface area contributed by atoms with Crippen LogP contribution in [0.4, 0.5) is 4.79 Å². The van der Waals surface area contributed by atoms with Crippen LogP contribution in [0.25, 0.3) is 0 Å². The Hall–Kier alpha value is -1.89. The predicted molar refractivity (Wildman–Crippen MR) is 84.8 cm³/mol. The standard InChI is InChI=1S/C14H19N4O2S/c1-6-7-18-10-11(15-13(18)21-8-9(2)3)16(4)14(20)17(5)12(10)19/h6,10H,1-2,7-8H2,3-5H3/q+1. The average molecular weight is 307 g/mol. The molecule has 1 fully saturated rings. The number of urea groups is 1. The van der Waals surface area contributed by atoms with E-state index in [4.69, 9.17) is 0 Å². The van der Waals surface area contributed by atoms with E-state index in [-0.39, 0.29) is 11.9 Å². The minimum absolute atomic E-state index is 0.260. The maximum atomic E-state index is 12.4. The van der Waals surface area contributed by atoms with E-state index in [2.05, 4.69) is 18.2 Å². The number of amidine groups is 2. The number of likely N-dealkylation sites (N-methyl/N-ethyl adjacent to an activating group) is 2. The number of thioether (sulfide) groups is 1. The summed E-state index contributed by atoms with van der Waals surface area (Å²) >= 11 is 1.51. The number of aliphatic imine (C=N–C) groups is 1. The lowest BCUT2D eigenvalue weighted by atomic mass is 10.1. The van der Waals surface area contributed by atoms with Crippen LogP contribution < -0.4 is 0 Å². The number of nitrogens with zero attached hydrogens (tertiary/aromatic N) is 4. The van der Waals surface area contributed by atoms with Crippen molar-refractivity contribution in [2.45, 2.75) is 13.0 Å². The van der Waals surface area contributed by atoms with E-state index in [1.54, 1.807) is 13.1 Å². The van der Waals surface area contributed by atoms with Gasteiger partial charge in [-0.15, -0.1) is 0 Å². The molecule has 0 radical (unpaired) electrons. The molecule has 2 rings (SSSR count). The minimum Gasteiger partial charge on any atom is -0.269 e. The van der Waals surface area contributed by atoms with E-state index < -0.39 is 6.04 Å². The van der Waals surface area contributed by atoms with Crippen LogP contribution in [0, 0.1) is 0 Å². The Morgan fingerprint density at radius 1 is 1.43 bits per heavy atom. The second-order valence-electron chi connectivity index (χ2n) is 5.08. The lowest BCUT2D eigenvalue weighted by Crippen LogP contribution is -2.61. The predicted octanol–water partition coefficient (Wildman–Crippen LogP) is 1.15. The van der Waals surface area contributed by atoms with Gasteiger partial charge in [-0.05, 0) is 23.7 Å². The zero-order chi connectivity index (χ0) is 15.7. The van der Waals surface area contributed by atoms with Crippen LogP contribution in [0.5, 0.6) is 0 Å². The van der Waals surface area contributed by atoms with Crippen molar-refractivity contribution < 1.29 is 14.2 Å². The number of rotatable bonds is 4. The van der Waals surface area contributed by atoms with Crippen LogP contribution in [-0.4, -0.2) is 69.8 Å². The van der Waals surface area contributed by atoms with Gasteiger partial charge < -0.3 is 0 Å². The van der Waals surface area contributed by atoms with Gasteiger partial charge in [0, 0.05) is 19.8 Å². The molecule has 2 aliphatic rings. The molecule has 0 saturated carbocycles. The summed E-state index contributed by atoms with van der Waals surface area (Å²) in [6.45, 7) is 10.0. The van der Waals surface area contributed by atoms with Gasteiger partial charge in [0.05, 0.1) is 0 Å². The van der Waals surface area contributed by atoms with E-state index in [0.29, 0.717) is 18.1 Å². The van der Waals surface area contributed by atoms with Crippen LogP contribution in [0.1, 0.15) is 6.92 Å². The van der Waals surface area contributed by atoms with Crippen molar-refractivity contribution in [1.29, 1.82) is 0 Å². The summed E-state index contributed by atoms with van der Waals surface area (Å²) < 4.78 is 1.87. The van der Waals surface area contributed by atoms with Crippen molar-refractivity contribution in [2.24, 2.45) is 4.99 Å². The van der Waals surface area contributed by atoms with Crippen LogP contribution in [0.15, 0.2) is 29.8 Å². The average Bonchev–Trinajstić information content (AvgIpc) is 2.80. The van der Waals surface area contributed by atoms with Gasteiger partial charge in [0.2, 0.25) is 0 Å². The van der Waals surface area contributed by atoms with Gasteiger partial charge in [-0.3, -0.25) is 14.6 Å². The molecule has 6 nitrogen and oxygen atoms in total. The molecule has 2 aliphatic heterocycles. The molecule has 0 aromatic rings. The second-order valence-corrected chi connectivity index (χ2v) is 6.02. The molecular formula is C14H19N4O2S+. The number of hydrogen-bond donors (Lipinski definition) is 0. The summed E-state index contributed by atoms with van der Waals surface area (Å²) in [5, 5.41) is 0.723. The van der Waals surface area contributed by atoms with E-state index in [1.165, 1.54) is 23.7 Å². The van der Waals surface area contributed by atoms with Crippen molar-refractivity contribution in [2.75, 3.05) is 26.4 Å². The highest BCUT2D eigenvalue weighted by molar-refractivity contribution is 8.13. The molecule has 0 aromatic heterocycles. The minimum atomic E-state index is -0.552. The first-order valence-electron chi connectivity index (χ1n) is 6.54. The summed E-state index contributed by atoms with van der Waals surface area (Å²) in [5.41, 5.74) is 1.02. The van der Waals surface area contributed by atoms with Crippen LogP contribution in [0.2, 0.25) is 0 Å². The molecule has 112 valence electrons. The Morgan fingerprint density at radius 3 is 2.67 bits per heavy atom. The van der Waals surface area contributed by atoms with Gasteiger partial charge in [-0.1, -0.05) is 24.8 Å². The third kappa shape index (κ3) is 2.65. The van der Waals surface area contributed by atoms with Gasteiger partial charge in [0.25, 0.3) is 17.8 Å². The third-order valence-corrected chi connectivity index (χ3v) is 4.49. The number of amides is 3. The number of fused-ring (bicyclic) bond motifs is 1. The first-order chi connectivity index (χ1) is 9.88. The normalized spacial score (nSPS) is 21.7. The molecule has 0 aliphatic carbocycles. The van der Waals surface area contributed by atoms with Gasteiger partial charge in [0.15, 0.2) is 0 Å². The Labute approximate surface area is 128 Å². The molecule has 1 unspecified atom stereocenters. The highest BCUT2D eigenvalue weighted by Gasteiger charge is 2.52. The molecule has 0 spiro atoms. The van der Waals surface area contributed by atoms with Crippen LogP contribution in [0.3, 0.4) is 0 Å². The molecular weight excluding hydrogens is 288 g/mol. The van der Waals surface area contributed by atoms with Crippen molar-refractivity contribution in [1.82, 2.24) is 9.80 Å². The number of hydrogen-bond acceptors (Lipinski definition) is 4. The molecule has 0 N–H and O–H groups in total. The van der Waals surface area contributed by atoms with E-state index in [9.17, 15) is 9.59 Å². The topological polar surface area (TPSA) is 56.0 Å². The summed E-state index contributed by atoms with van der Waals surface area (Å²) in [7, 11) is 3.12. The smallest absolute Gasteiger partial charge is 0.269 e. The summed E-state index contributed by atoms with van der Waals surface area (Å²) in [6.07, 6.45) is 1.73. The largest absolute Gasteiger partial charge is 0.358 e. The fourth-order valence-electron chi connectivity index (χ4n) is 2.20. The Balaban J connectivity index is 2.40. The fraction of sp³-hybridized carbons (Fsp3) is 0.429. The Bertz CT molecular complexity index is 594. The van der Waals surface area contributed by atoms with E-state index in [0.717, 1.165) is 15.6 Å². The first kappa shape index (κ1) is 15.5. The van der Waals surface area contributed by atoms with Crippen LogP contribution >= 0.6 is 11.8 Å². The molecule has 1 saturated heterocycles. The van der Waals surface area contributed by atoms with E-state index in [1.807, 2.05) is 11.5 Å². The lowest BCUT2D eigenvalue weighted by Gasteiger charge is -2.30. The van der Waals surface area contributed by atoms with Gasteiger partial charge >= 0.3 is 11.2 Å². The Kier molecular flexibility index (Phi) is 4.32. The molecule has 1 atom stereocenters. The molecule has 2 heterocycles. The fourth-order valence-corrected chi connectivity index (χ4v) is 3.08. The maximum Gasteiger partial charge on any atom is 0.358 e. The maximum absolute atomic E-state index is 12.4. The summed E-state index contributed by atoms with van der Waals surface area (Å²) in [6, 6.07) is -0.914. The SMILES string of the molecule is C=CC[N+]1=C(SCC(=C)C)N=C2C1C(=O)N(C)C(=O)N2C. The van der Waals surface area contributed by atoms with Gasteiger partial charge in [0.1, 0.15) is 6.54 Å². The highest BCUT2D eigenvalue weighted by Crippen LogP contribution is 2.23. The number of carbonyl (C=O) groups is 2. The lowest BCUT2D eigenvalue weighted by molar-refractivity contribution is -0.522. The molecule has 21 heavy (non-hydrogen) atoms. The van der Waals surface area contributed by atoms with Crippen molar-refractivity contribution >= 4 is 34.7 Å². The zero-order valence-corrected chi connectivity index (χ0v) is 13.3. The second kappa shape index (κ2) is 5.85.